The van der Waals surface area contributed by atoms with Gasteiger partial charge in [-0.3, -0.25) is 4.79 Å². The Bertz CT molecular complexity index is 393. The molecule has 0 radical (unpaired) electrons. The molecule has 1 aromatic carbocycles. The van der Waals surface area contributed by atoms with Crippen molar-refractivity contribution in [2.45, 2.75) is 31.3 Å². The minimum absolute atomic E-state index is 0.124. The predicted octanol–water partition coefficient (Wildman–Crippen LogP) is 1.03. The first-order valence-corrected chi connectivity index (χ1v) is 6.52. The highest BCUT2D eigenvalue weighted by Crippen LogP contribution is 2.20. The summed E-state index contributed by atoms with van der Waals surface area (Å²) >= 11 is 0. The van der Waals surface area contributed by atoms with Crippen molar-refractivity contribution < 1.29 is 4.79 Å². The molecule has 1 saturated heterocycles. The highest BCUT2D eigenvalue weighted by molar-refractivity contribution is 5.77. The number of nitrogens with zero attached hydrogens (tertiary/aromatic N) is 1. The van der Waals surface area contributed by atoms with Crippen LogP contribution in [0.5, 0.6) is 0 Å². The molecule has 0 spiro atoms. The van der Waals surface area contributed by atoms with Gasteiger partial charge in [0.05, 0.1) is 0 Å². The molecule has 1 heterocycles. The van der Waals surface area contributed by atoms with Crippen LogP contribution in [-0.4, -0.2) is 29.9 Å². The lowest BCUT2D eigenvalue weighted by atomic mass is 10.0. The molecule has 0 aromatic heterocycles. The van der Waals surface area contributed by atoms with Crippen molar-refractivity contribution in [2.75, 3.05) is 13.1 Å². The SMILES string of the molecule is NC[C@@H]1CCCN1C(=O)C[C@H](N)c1ccccc1. The van der Waals surface area contributed by atoms with E-state index in [9.17, 15) is 4.79 Å². The van der Waals surface area contributed by atoms with Gasteiger partial charge in [-0.15, -0.1) is 0 Å². The monoisotopic (exact) mass is 247 g/mol. The first-order chi connectivity index (χ1) is 8.72. The molecule has 0 saturated carbocycles. The molecular formula is C14H21N3O. The van der Waals surface area contributed by atoms with Crippen molar-refractivity contribution in [3.8, 4) is 0 Å². The summed E-state index contributed by atoms with van der Waals surface area (Å²) in [4.78, 5) is 14.1. The molecule has 4 heteroatoms. The molecule has 2 atom stereocenters. The lowest BCUT2D eigenvalue weighted by molar-refractivity contribution is -0.132. The second kappa shape index (κ2) is 5.98. The van der Waals surface area contributed by atoms with E-state index >= 15 is 0 Å². The van der Waals surface area contributed by atoms with E-state index in [0.29, 0.717) is 13.0 Å². The van der Waals surface area contributed by atoms with Crippen molar-refractivity contribution in [2.24, 2.45) is 11.5 Å². The van der Waals surface area contributed by atoms with Gasteiger partial charge in [0.1, 0.15) is 0 Å². The summed E-state index contributed by atoms with van der Waals surface area (Å²) in [6.45, 7) is 1.37. The maximum absolute atomic E-state index is 12.2. The van der Waals surface area contributed by atoms with Gasteiger partial charge in [0, 0.05) is 31.6 Å². The number of rotatable bonds is 4. The van der Waals surface area contributed by atoms with E-state index in [4.69, 9.17) is 11.5 Å². The second-order valence-corrected chi connectivity index (χ2v) is 4.84. The third kappa shape index (κ3) is 2.89. The summed E-state index contributed by atoms with van der Waals surface area (Å²) in [5, 5.41) is 0. The molecule has 98 valence electrons. The van der Waals surface area contributed by atoms with Gasteiger partial charge in [-0.05, 0) is 18.4 Å². The fourth-order valence-electron chi connectivity index (χ4n) is 2.53. The molecule has 1 fully saturated rings. The zero-order valence-electron chi connectivity index (χ0n) is 10.6. The molecule has 1 aromatic rings. The standard InChI is InChI=1S/C14H21N3O/c15-10-12-7-4-8-17(12)14(18)9-13(16)11-5-2-1-3-6-11/h1-3,5-6,12-13H,4,7-10,15-16H2/t12-,13-/m0/s1. The van der Waals surface area contributed by atoms with Crippen LogP contribution in [0.4, 0.5) is 0 Å². The number of carbonyl (C=O) groups is 1. The van der Waals surface area contributed by atoms with E-state index in [0.717, 1.165) is 24.9 Å². The highest BCUT2D eigenvalue weighted by Gasteiger charge is 2.28. The number of hydrogen-bond acceptors (Lipinski definition) is 3. The maximum atomic E-state index is 12.2. The zero-order valence-corrected chi connectivity index (χ0v) is 10.6. The summed E-state index contributed by atoms with van der Waals surface area (Å²) in [7, 11) is 0. The van der Waals surface area contributed by atoms with Gasteiger partial charge in [-0.25, -0.2) is 0 Å². The Morgan fingerprint density at radius 1 is 1.39 bits per heavy atom. The van der Waals surface area contributed by atoms with E-state index < -0.39 is 0 Å². The number of hydrogen-bond donors (Lipinski definition) is 2. The van der Waals surface area contributed by atoms with E-state index in [1.54, 1.807) is 0 Å². The van der Waals surface area contributed by atoms with Crippen LogP contribution in [0.15, 0.2) is 30.3 Å². The Balaban J connectivity index is 1.95. The van der Waals surface area contributed by atoms with Crippen LogP contribution in [-0.2, 0) is 4.79 Å². The molecule has 2 rings (SSSR count). The number of nitrogens with two attached hydrogens (primary N) is 2. The predicted molar refractivity (Wildman–Crippen MR) is 71.8 cm³/mol. The summed E-state index contributed by atoms with van der Waals surface area (Å²) in [6, 6.07) is 9.74. The second-order valence-electron chi connectivity index (χ2n) is 4.84. The molecule has 1 aliphatic rings. The fourth-order valence-corrected chi connectivity index (χ4v) is 2.53. The van der Waals surface area contributed by atoms with Crippen molar-refractivity contribution in [1.82, 2.24) is 4.90 Å². The Labute approximate surface area is 108 Å². The van der Waals surface area contributed by atoms with Crippen LogP contribution in [0.3, 0.4) is 0 Å². The van der Waals surface area contributed by atoms with Crippen LogP contribution in [0, 0.1) is 0 Å². The average molecular weight is 247 g/mol. The van der Waals surface area contributed by atoms with Crippen molar-refractivity contribution >= 4 is 5.91 Å². The van der Waals surface area contributed by atoms with Gasteiger partial charge in [-0.2, -0.15) is 0 Å². The van der Waals surface area contributed by atoms with Crippen molar-refractivity contribution in [3.05, 3.63) is 35.9 Å². The largest absolute Gasteiger partial charge is 0.338 e. The quantitative estimate of drug-likeness (QED) is 0.834. The van der Waals surface area contributed by atoms with Gasteiger partial charge in [0.15, 0.2) is 0 Å². The smallest absolute Gasteiger partial charge is 0.224 e. The number of amides is 1. The van der Waals surface area contributed by atoms with Crippen molar-refractivity contribution in [3.63, 3.8) is 0 Å². The minimum atomic E-state index is -0.224. The van der Waals surface area contributed by atoms with Crippen LogP contribution in [0.25, 0.3) is 0 Å². The first kappa shape index (κ1) is 13.1. The van der Waals surface area contributed by atoms with Gasteiger partial charge in [0.25, 0.3) is 0 Å². The van der Waals surface area contributed by atoms with E-state index in [2.05, 4.69) is 0 Å². The zero-order chi connectivity index (χ0) is 13.0. The maximum Gasteiger partial charge on any atom is 0.224 e. The van der Waals surface area contributed by atoms with Gasteiger partial charge in [-0.1, -0.05) is 30.3 Å². The van der Waals surface area contributed by atoms with E-state index in [1.165, 1.54) is 0 Å². The molecule has 0 aliphatic carbocycles. The lowest BCUT2D eigenvalue weighted by Gasteiger charge is -2.25. The summed E-state index contributed by atoms with van der Waals surface area (Å²) in [5.74, 6) is 0.124. The van der Waals surface area contributed by atoms with Crippen molar-refractivity contribution in [1.29, 1.82) is 0 Å². The third-order valence-electron chi connectivity index (χ3n) is 3.59. The normalized spacial score (nSPS) is 21.0. The summed E-state index contributed by atoms with van der Waals surface area (Å²) < 4.78 is 0. The molecule has 0 bridgehead atoms. The molecule has 1 amide bonds. The van der Waals surface area contributed by atoms with Gasteiger partial charge >= 0.3 is 0 Å². The number of likely N-dealkylation sites (tertiary alicyclic amines) is 1. The summed E-state index contributed by atoms with van der Waals surface area (Å²) in [5.41, 5.74) is 12.8. The number of benzene rings is 1. The minimum Gasteiger partial charge on any atom is -0.338 e. The Morgan fingerprint density at radius 3 is 2.78 bits per heavy atom. The Hall–Kier alpha value is -1.39. The third-order valence-corrected chi connectivity index (χ3v) is 3.59. The van der Waals surface area contributed by atoms with Crippen LogP contribution >= 0.6 is 0 Å². The fraction of sp³-hybridized carbons (Fsp3) is 0.500. The summed E-state index contributed by atoms with van der Waals surface area (Å²) in [6.07, 6.45) is 2.43. The molecule has 4 nitrogen and oxygen atoms in total. The first-order valence-electron chi connectivity index (χ1n) is 6.52. The Morgan fingerprint density at radius 2 is 2.11 bits per heavy atom. The highest BCUT2D eigenvalue weighted by atomic mass is 16.2. The molecule has 0 unspecified atom stereocenters. The molecule has 1 aliphatic heterocycles. The molecular weight excluding hydrogens is 226 g/mol. The van der Waals surface area contributed by atoms with Crippen LogP contribution < -0.4 is 11.5 Å². The topological polar surface area (TPSA) is 72.3 Å². The van der Waals surface area contributed by atoms with E-state index in [1.807, 2.05) is 35.2 Å². The van der Waals surface area contributed by atoms with Gasteiger partial charge in [0.2, 0.25) is 5.91 Å². The van der Waals surface area contributed by atoms with E-state index in [-0.39, 0.29) is 18.0 Å². The van der Waals surface area contributed by atoms with Crippen LogP contribution in [0.1, 0.15) is 30.9 Å². The molecule has 18 heavy (non-hydrogen) atoms. The van der Waals surface area contributed by atoms with Crippen LogP contribution in [0.2, 0.25) is 0 Å². The molecule has 4 N–H and O–H groups in total. The van der Waals surface area contributed by atoms with Gasteiger partial charge < -0.3 is 16.4 Å². The lowest BCUT2D eigenvalue weighted by Crippen LogP contribution is -2.41. The Kier molecular flexibility index (Phi) is 4.33. The number of carbonyl (C=O) groups excluding carboxylic acids is 1. The average Bonchev–Trinajstić information content (AvgIpc) is 2.88.